The van der Waals surface area contributed by atoms with E-state index in [2.05, 4.69) is 22.5 Å². The van der Waals surface area contributed by atoms with Crippen LogP contribution in [0.5, 0.6) is 0 Å². The fourth-order valence-electron chi connectivity index (χ4n) is 2.42. The highest BCUT2D eigenvalue weighted by Gasteiger charge is 2.13. The minimum absolute atomic E-state index is 0.0326. The van der Waals surface area contributed by atoms with Crippen LogP contribution in [0.3, 0.4) is 0 Å². The van der Waals surface area contributed by atoms with Crippen molar-refractivity contribution >= 4 is 6.03 Å². The molecule has 5 nitrogen and oxygen atoms in total. The molecule has 1 aliphatic rings. The average Bonchev–Trinajstić information content (AvgIpc) is 2.99. The minimum Gasteiger partial charge on any atom is -0.338 e. The molecule has 1 aromatic rings. The number of aryl methyl sites for hydroxylation is 1. The molecular formula is C15H24N4O. The van der Waals surface area contributed by atoms with Gasteiger partial charge in [0.2, 0.25) is 0 Å². The molecule has 0 radical (unpaired) electrons. The van der Waals surface area contributed by atoms with Gasteiger partial charge in [-0.1, -0.05) is 12.2 Å². The highest BCUT2D eigenvalue weighted by Crippen LogP contribution is 2.16. The first-order chi connectivity index (χ1) is 9.75. The SMILES string of the molecule is CN(CCCn1ccnc1)C(=O)NC[C@H]1CC=CCC1. The van der Waals surface area contributed by atoms with Crippen molar-refractivity contribution in [3.8, 4) is 0 Å². The van der Waals surface area contributed by atoms with E-state index in [1.165, 1.54) is 6.42 Å². The van der Waals surface area contributed by atoms with Crippen molar-refractivity contribution in [3.63, 3.8) is 0 Å². The fourth-order valence-corrected chi connectivity index (χ4v) is 2.42. The van der Waals surface area contributed by atoms with Gasteiger partial charge in [-0.2, -0.15) is 0 Å². The lowest BCUT2D eigenvalue weighted by molar-refractivity contribution is 0.205. The molecule has 0 bridgehead atoms. The van der Waals surface area contributed by atoms with Crippen LogP contribution in [0, 0.1) is 5.92 Å². The molecule has 2 rings (SSSR count). The molecule has 0 unspecified atom stereocenters. The number of hydrogen-bond donors (Lipinski definition) is 1. The number of imidazole rings is 1. The van der Waals surface area contributed by atoms with Crippen molar-refractivity contribution in [2.24, 2.45) is 5.92 Å². The number of carbonyl (C=O) groups excluding carboxylic acids is 1. The number of amides is 2. The maximum Gasteiger partial charge on any atom is 0.317 e. The Bertz CT molecular complexity index is 427. The molecule has 1 atom stereocenters. The van der Waals surface area contributed by atoms with Gasteiger partial charge < -0.3 is 14.8 Å². The summed E-state index contributed by atoms with van der Waals surface area (Å²) >= 11 is 0. The van der Waals surface area contributed by atoms with Gasteiger partial charge in [-0.3, -0.25) is 0 Å². The lowest BCUT2D eigenvalue weighted by Crippen LogP contribution is -2.40. The van der Waals surface area contributed by atoms with E-state index in [1.54, 1.807) is 17.4 Å². The van der Waals surface area contributed by atoms with Gasteiger partial charge in [0.1, 0.15) is 0 Å². The van der Waals surface area contributed by atoms with Gasteiger partial charge in [-0.15, -0.1) is 0 Å². The van der Waals surface area contributed by atoms with Crippen LogP contribution >= 0.6 is 0 Å². The van der Waals surface area contributed by atoms with E-state index in [0.717, 1.165) is 38.9 Å². The standard InChI is InChI=1S/C15H24N4O/c1-18(9-5-10-19-11-8-16-13-19)15(20)17-12-14-6-3-2-4-7-14/h2-3,8,11,13-14H,4-7,9-10,12H2,1H3,(H,17,20)/t14-/m0/s1. The third kappa shape index (κ3) is 4.72. The summed E-state index contributed by atoms with van der Waals surface area (Å²) in [5, 5.41) is 3.03. The lowest BCUT2D eigenvalue weighted by atomic mass is 9.94. The molecular weight excluding hydrogens is 252 g/mol. The lowest BCUT2D eigenvalue weighted by Gasteiger charge is -2.22. The van der Waals surface area contributed by atoms with E-state index in [0.29, 0.717) is 5.92 Å². The van der Waals surface area contributed by atoms with Crippen LogP contribution in [0.25, 0.3) is 0 Å². The van der Waals surface area contributed by atoms with Gasteiger partial charge in [-0.25, -0.2) is 9.78 Å². The molecule has 1 N–H and O–H groups in total. The smallest absolute Gasteiger partial charge is 0.317 e. The summed E-state index contributed by atoms with van der Waals surface area (Å²) in [4.78, 5) is 17.7. The number of carbonyl (C=O) groups is 1. The topological polar surface area (TPSA) is 50.2 Å². The Kier molecular flexibility index (Phi) is 5.65. The predicted molar refractivity (Wildman–Crippen MR) is 79.4 cm³/mol. The average molecular weight is 276 g/mol. The Labute approximate surface area is 120 Å². The highest BCUT2D eigenvalue weighted by atomic mass is 16.2. The van der Waals surface area contributed by atoms with Gasteiger partial charge in [0.15, 0.2) is 0 Å². The van der Waals surface area contributed by atoms with Crippen molar-refractivity contribution in [2.75, 3.05) is 20.1 Å². The summed E-state index contributed by atoms with van der Waals surface area (Å²) in [6, 6.07) is 0.0326. The molecule has 1 aromatic heterocycles. The molecule has 1 aliphatic carbocycles. The molecule has 0 fully saturated rings. The normalized spacial score (nSPS) is 17.9. The second-order valence-corrected chi connectivity index (χ2v) is 5.41. The molecule has 0 saturated heterocycles. The molecule has 2 amide bonds. The van der Waals surface area contributed by atoms with Gasteiger partial charge in [0.25, 0.3) is 0 Å². The van der Waals surface area contributed by atoms with Crippen molar-refractivity contribution in [1.29, 1.82) is 0 Å². The summed E-state index contributed by atoms with van der Waals surface area (Å²) < 4.78 is 2.03. The summed E-state index contributed by atoms with van der Waals surface area (Å²) in [5.41, 5.74) is 0. The van der Waals surface area contributed by atoms with Crippen molar-refractivity contribution in [3.05, 3.63) is 30.9 Å². The van der Waals surface area contributed by atoms with E-state index in [9.17, 15) is 4.79 Å². The number of nitrogens with zero attached hydrogens (tertiary/aromatic N) is 3. The number of urea groups is 1. The molecule has 0 aliphatic heterocycles. The van der Waals surface area contributed by atoms with Gasteiger partial charge >= 0.3 is 6.03 Å². The molecule has 0 spiro atoms. The van der Waals surface area contributed by atoms with Gasteiger partial charge in [0, 0.05) is 39.1 Å². The largest absolute Gasteiger partial charge is 0.338 e. The van der Waals surface area contributed by atoms with Gasteiger partial charge in [-0.05, 0) is 31.6 Å². The Hall–Kier alpha value is -1.78. The number of aromatic nitrogens is 2. The zero-order valence-electron chi connectivity index (χ0n) is 12.2. The second-order valence-electron chi connectivity index (χ2n) is 5.41. The highest BCUT2D eigenvalue weighted by molar-refractivity contribution is 5.73. The van der Waals surface area contributed by atoms with Crippen LogP contribution in [0.15, 0.2) is 30.9 Å². The molecule has 1 heterocycles. The predicted octanol–water partition coefficient (Wildman–Crippen LogP) is 2.27. The zero-order chi connectivity index (χ0) is 14.2. The van der Waals surface area contributed by atoms with E-state index < -0.39 is 0 Å². The van der Waals surface area contributed by atoms with Crippen LogP contribution in [0.4, 0.5) is 4.79 Å². The summed E-state index contributed by atoms with van der Waals surface area (Å²) in [6.07, 6.45) is 14.3. The number of allylic oxidation sites excluding steroid dienone is 2. The Morgan fingerprint density at radius 3 is 3.10 bits per heavy atom. The van der Waals surface area contributed by atoms with Crippen LogP contribution in [0.2, 0.25) is 0 Å². The van der Waals surface area contributed by atoms with E-state index in [1.807, 2.05) is 17.8 Å². The Balaban J connectivity index is 1.60. The molecule has 20 heavy (non-hydrogen) atoms. The van der Waals surface area contributed by atoms with Crippen LogP contribution in [-0.4, -0.2) is 40.6 Å². The van der Waals surface area contributed by atoms with Crippen LogP contribution in [-0.2, 0) is 6.54 Å². The number of nitrogens with one attached hydrogen (secondary N) is 1. The van der Waals surface area contributed by atoms with Crippen LogP contribution in [0.1, 0.15) is 25.7 Å². The molecule has 0 saturated carbocycles. The summed E-state index contributed by atoms with van der Waals surface area (Å²) in [7, 11) is 1.85. The van der Waals surface area contributed by atoms with Crippen molar-refractivity contribution in [2.45, 2.75) is 32.2 Å². The number of hydrogen-bond acceptors (Lipinski definition) is 2. The maximum atomic E-state index is 12.0. The van der Waals surface area contributed by atoms with E-state index >= 15 is 0 Å². The minimum atomic E-state index is 0.0326. The fraction of sp³-hybridized carbons (Fsp3) is 0.600. The molecule has 5 heteroatoms. The van der Waals surface area contributed by atoms with Crippen LogP contribution < -0.4 is 5.32 Å². The molecule has 0 aromatic carbocycles. The Morgan fingerprint density at radius 2 is 2.40 bits per heavy atom. The first-order valence-corrected chi connectivity index (χ1v) is 7.35. The first-order valence-electron chi connectivity index (χ1n) is 7.35. The van der Waals surface area contributed by atoms with E-state index in [-0.39, 0.29) is 6.03 Å². The molecule has 110 valence electrons. The first kappa shape index (κ1) is 14.6. The van der Waals surface area contributed by atoms with Crippen molar-refractivity contribution in [1.82, 2.24) is 19.8 Å². The third-order valence-electron chi connectivity index (χ3n) is 3.74. The van der Waals surface area contributed by atoms with Gasteiger partial charge in [0.05, 0.1) is 6.33 Å². The summed E-state index contributed by atoms with van der Waals surface area (Å²) in [5.74, 6) is 0.600. The Morgan fingerprint density at radius 1 is 1.50 bits per heavy atom. The monoisotopic (exact) mass is 276 g/mol. The maximum absolute atomic E-state index is 12.0. The third-order valence-corrected chi connectivity index (χ3v) is 3.74. The van der Waals surface area contributed by atoms with Crippen molar-refractivity contribution < 1.29 is 4.79 Å². The number of rotatable bonds is 6. The second kappa shape index (κ2) is 7.72. The quantitative estimate of drug-likeness (QED) is 0.810. The zero-order valence-corrected chi connectivity index (χ0v) is 12.2. The van der Waals surface area contributed by atoms with E-state index in [4.69, 9.17) is 0 Å². The summed E-state index contributed by atoms with van der Waals surface area (Å²) in [6.45, 7) is 2.44.